The van der Waals surface area contributed by atoms with E-state index in [0.717, 1.165) is 16.5 Å². The number of fused-ring (bicyclic) bond motifs is 1. The van der Waals surface area contributed by atoms with Crippen LogP contribution in [0.15, 0.2) is 36.4 Å². The van der Waals surface area contributed by atoms with Crippen LogP contribution in [0.5, 0.6) is 0 Å². The van der Waals surface area contributed by atoms with Crippen molar-refractivity contribution in [3.05, 3.63) is 52.7 Å². The number of carbonyl (C=O) groups excluding carboxylic acids is 2. The summed E-state index contributed by atoms with van der Waals surface area (Å²) in [5.41, 5.74) is 2.06. The van der Waals surface area contributed by atoms with Crippen LogP contribution in [0.1, 0.15) is 24.2 Å². The number of hydrogen-bond acceptors (Lipinski definition) is 5. The van der Waals surface area contributed by atoms with E-state index in [4.69, 9.17) is 16.3 Å². The molecule has 2 rings (SSSR count). The van der Waals surface area contributed by atoms with Gasteiger partial charge in [-0.1, -0.05) is 36.4 Å². The van der Waals surface area contributed by atoms with Crippen molar-refractivity contribution >= 4 is 34.4 Å². The molecule has 5 nitrogen and oxygen atoms in total. The van der Waals surface area contributed by atoms with Gasteiger partial charge in [0.15, 0.2) is 6.10 Å². The third kappa shape index (κ3) is 3.51. The van der Waals surface area contributed by atoms with Crippen LogP contribution in [-0.2, 0) is 19.1 Å². The molecule has 1 unspecified atom stereocenters. The number of nitrogens with zero attached hydrogens (tertiary/aromatic N) is 1. The standard InChI is InChI=1S/C17H16ClNO4/c1-9-6-5-7-12-8-13(16(18)19-14(9)12)15(23-11(3)20)10(2)17(21)22-4/h5-8,15H,2H2,1,3-4H3. The number of para-hydroxylation sites is 1. The highest BCUT2D eigenvalue weighted by Gasteiger charge is 2.27. The molecule has 2 aromatic rings. The second-order valence-electron chi connectivity index (χ2n) is 5.02. The lowest BCUT2D eigenvalue weighted by Crippen LogP contribution is -2.18. The largest absolute Gasteiger partial charge is 0.466 e. The Morgan fingerprint density at radius 1 is 1.35 bits per heavy atom. The predicted molar refractivity (Wildman–Crippen MR) is 87.2 cm³/mol. The number of rotatable bonds is 4. The minimum Gasteiger partial charge on any atom is -0.466 e. The van der Waals surface area contributed by atoms with Gasteiger partial charge in [0.1, 0.15) is 5.15 Å². The Morgan fingerprint density at radius 3 is 2.65 bits per heavy atom. The van der Waals surface area contributed by atoms with Gasteiger partial charge in [-0.25, -0.2) is 9.78 Å². The number of aromatic nitrogens is 1. The number of halogens is 1. The summed E-state index contributed by atoms with van der Waals surface area (Å²) in [5.74, 6) is -1.25. The summed E-state index contributed by atoms with van der Waals surface area (Å²) in [6.45, 7) is 6.81. The Labute approximate surface area is 138 Å². The van der Waals surface area contributed by atoms with Crippen molar-refractivity contribution in [2.75, 3.05) is 7.11 Å². The molecule has 0 amide bonds. The molecule has 0 spiro atoms. The van der Waals surface area contributed by atoms with Crippen LogP contribution >= 0.6 is 11.6 Å². The van der Waals surface area contributed by atoms with E-state index in [0.29, 0.717) is 5.56 Å². The Hall–Kier alpha value is -2.40. The Kier molecular flexibility index (Phi) is 5.01. The highest BCUT2D eigenvalue weighted by molar-refractivity contribution is 6.30. The summed E-state index contributed by atoms with van der Waals surface area (Å²) in [6, 6.07) is 7.40. The van der Waals surface area contributed by atoms with E-state index < -0.39 is 18.0 Å². The fraction of sp³-hybridized carbons (Fsp3) is 0.235. The fourth-order valence-electron chi connectivity index (χ4n) is 2.25. The first-order chi connectivity index (χ1) is 10.8. The summed E-state index contributed by atoms with van der Waals surface area (Å²) < 4.78 is 9.87. The van der Waals surface area contributed by atoms with Gasteiger partial charge in [0.05, 0.1) is 18.2 Å². The Balaban J connectivity index is 2.60. The predicted octanol–water partition coefficient (Wildman–Crippen LogP) is 3.53. The van der Waals surface area contributed by atoms with Gasteiger partial charge in [0.2, 0.25) is 0 Å². The lowest BCUT2D eigenvalue weighted by atomic mass is 10.0. The van der Waals surface area contributed by atoms with Crippen LogP contribution in [0.2, 0.25) is 5.15 Å². The molecule has 0 saturated heterocycles. The first-order valence-electron chi connectivity index (χ1n) is 6.85. The smallest absolute Gasteiger partial charge is 0.337 e. The van der Waals surface area contributed by atoms with Crippen LogP contribution in [0.3, 0.4) is 0 Å². The zero-order valence-electron chi connectivity index (χ0n) is 13.1. The molecule has 0 bridgehead atoms. The lowest BCUT2D eigenvalue weighted by molar-refractivity contribution is -0.147. The zero-order chi connectivity index (χ0) is 17.1. The summed E-state index contributed by atoms with van der Waals surface area (Å²) >= 11 is 6.25. The molecule has 1 aromatic carbocycles. The number of pyridine rings is 1. The second kappa shape index (κ2) is 6.79. The average Bonchev–Trinajstić information content (AvgIpc) is 2.51. The van der Waals surface area contributed by atoms with Crippen molar-refractivity contribution in [1.29, 1.82) is 0 Å². The van der Waals surface area contributed by atoms with E-state index in [1.54, 1.807) is 6.07 Å². The Bertz CT molecular complexity index is 801. The summed E-state index contributed by atoms with van der Waals surface area (Å²) in [6.07, 6.45) is -1.05. The van der Waals surface area contributed by atoms with Crippen molar-refractivity contribution in [1.82, 2.24) is 4.98 Å². The van der Waals surface area contributed by atoms with Crippen LogP contribution in [-0.4, -0.2) is 24.0 Å². The average molecular weight is 334 g/mol. The Morgan fingerprint density at radius 2 is 2.04 bits per heavy atom. The first kappa shape index (κ1) is 17.0. The molecule has 0 aliphatic rings. The number of carbonyl (C=O) groups is 2. The number of benzene rings is 1. The number of esters is 2. The molecule has 23 heavy (non-hydrogen) atoms. The summed E-state index contributed by atoms with van der Waals surface area (Å²) in [7, 11) is 1.22. The van der Waals surface area contributed by atoms with E-state index in [-0.39, 0.29) is 10.7 Å². The molecule has 0 N–H and O–H groups in total. The molecule has 0 aliphatic heterocycles. The summed E-state index contributed by atoms with van der Waals surface area (Å²) in [5, 5.41) is 0.960. The van der Waals surface area contributed by atoms with E-state index >= 15 is 0 Å². The fourth-order valence-corrected chi connectivity index (χ4v) is 2.49. The van der Waals surface area contributed by atoms with Crippen LogP contribution in [0.4, 0.5) is 0 Å². The maximum atomic E-state index is 11.8. The number of methoxy groups -OCH3 is 1. The van der Waals surface area contributed by atoms with Gasteiger partial charge < -0.3 is 9.47 Å². The molecule has 0 fully saturated rings. The maximum Gasteiger partial charge on any atom is 0.337 e. The molecule has 120 valence electrons. The molecule has 1 aromatic heterocycles. The highest BCUT2D eigenvalue weighted by atomic mass is 35.5. The number of hydrogen-bond donors (Lipinski definition) is 0. The van der Waals surface area contributed by atoms with Gasteiger partial charge >= 0.3 is 11.9 Å². The van der Waals surface area contributed by atoms with Gasteiger partial charge in [-0.05, 0) is 18.6 Å². The topological polar surface area (TPSA) is 65.5 Å². The van der Waals surface area contributed by atoms with Crippen LogP contribution < -0.4 is 0 Å². The molecule has 1 atom stereocenters. The van der Waals surface area contributed by atoms with E-state index in [1.807, 2.05) is 25.1 Å². The van der Waals surface area contributed by atoms with Crippen molar-refractivity contribution < 1.29 is 19.1 Å². The monoisotopic (exact) mass is 333 g/mol. The molecule has 0 radical (unpaired) electrons. The number of aryl methyl sites for hydroxylation is 1. The molecule has 0 saturated carbocycles. The normalized spacial score (nSPS) is 11.8. The summed E-state index contributed by atoms with van der Waals surface area (Å²) in [4.78, 5) is 27.5. The van der Waals surface area contributed by atoms with Crippen molar-refractivity contribution in [3.8, 4) is 0 Å². The minimum absolute atomic E-state index is 0.0293. The maximum absolute atomic E-state index is 11.8. The van der Waals surface area contributed by atoms with Crippen LogP contribution in [0, 0.1) is 6.92 Å². The van der Waals surface area contributed by atoms with Crippen molar-refractivity contribution in [3.63, 3.8) is 0 Å². The molecule has 1 heterocycles. The SMILES string of the molecule is C=C(C(=O)OC)C(OC(C)=O)c1cc2cccc(C)c2nc1Cl. The van der Waals surface area contributed by atoms with Gasteiger partial charge in [0.25, 0.3) is 0 Å². The molecular weight excluding hydrogens is 318 g/mol. The van der Waals surface area contributed by atoms with Gasteiger partial charge in [0, 0.05) is 17.9 Å². The highest BCUT2D eigenvalue weighted by Crippen LogP contribution is 2.33. The van der Waals surface area contributed by atoms with Gasteiger partial charge in [-0.3, -0.25) is 4.79 Å². The molecule has 6 heteroatoms. The molecule has 0 aliphatic carbocycles. The third-order valence-corrected chi connectivity index (χ3v) is 3.66. The molecular formula is C17H16ClNO4. The van der Waals surface area contributed by atoms with Crippen molar-refractivity contribution in [2.24, 2.45) is 0 Å². The lowest BCUT2D eigenvalue weighted by Gasteiger charge is -2.19. The number of ether oxygens (including phenoxy) is 2. The zero-order valence-corrected chi connectivity index (χ0v) is 13.8. The minimum atomic E-state index is -1.05. The van der Waals surface area contributed by atoms with E-state index in [1.165, 1.54) is 14.0 Å². The quantitative estimate of drug-likeness (QED) is 0.486. The van der Waals surface area contributed by atoms with Crippen molar-refractivity contribution in [2.45, 2.75) is 20.0 Å². The second-order valence-corrected chi connectivity index (χ2v) is 5.38. The third-order valence-electron chi connectivity index (χ3n) is 3.36. The van der Waals surface area contributed by atoms with Gasteiger partial charge in [-0.15, -0.1) is 0 Å². The van der Waals surface area contributed by atoms with E-state index in [9.17, 15) is 9.59 Å². The van der Waals surface area contributed by atoms with Crippen LogP contribution in [0.25, 0.3) is 10.9 Å². The van der Waals surface area contributed by atoms with E-state index in [2.05, 4.69) is 16.3 Å². The first-order valence-corrected chi connectivity index (χ1v) is 7.23. The van der Waals surface area contributed by atoms with Gasteiger partial charge in [-0.2, -0.15) is 0 Å².